The summed E-state index contributed by atoms with van der Waals surface area (Å²) < 4.78 is 13.2. The van der Waals surface area contributed by atoms with Crippen molar-refractivity contribution in [2.75, 3.05) is 11.9 Å². The third-order valence-corrected chi connectivity index (χ3v) is 5.87. The van der Waals surface area contributed by atoms with Crippen LogP contribution in [0.5, 0.6) is 0 Å². The highest BCUT2D eigenvalue weighted by Crippen LogP contribution is 2.31. The molecular formula is C26H22ClFN2O2. The van der Waals surface area contributed by atoms with Gasteiger partial charge in [0.15, 0.2) is 0 Å². The largest absolute Gasteiger partial charge is 0.350 e. The van der Waals surface area contributed by atoms with E-state index in [0.29, 0.717) is 22.6 Å². The number of halogens is 2. The first kappa shape index (κ1) is 21.8. The van der Waals surface area contributed by atoms with Gasteiger partial charge in [-0.25, -0.2) is 4.39 Å². The monoisotopic (exact) mass is 448 g/mol. The molecule has 3 aromatic rings. The molecular weight excluding hydrogens is 427 g/mol. The van der Waals surface area contributed by atoms with Crippen LogP contribution in [-0.4, -0.2) is 23.3 Å². The van der Waals surface area contributed by atoms with E-state index in [1.54, 1.807) is 36.4 Å². The van der Waals surface area contributed by atoms with E-state index in [9.17, 15) is 14.0 Å². The minimum atomic E-state index is -0.389. The minimum absolute atomic E-state index is 0.193. The van der Waals surface area contributed by atoms with Gasteiger partial charge in [-0.15, -0.1) is 0 Å². The van der Waals surface area contributed by atoms with Gasteiger partial charge in [0.05, 0.1) is 5.57 Å². The van der Waals surface area contributed by atoms with E-state index in [-0.39, 0.29) is 29.9 Å². The summed E-state index contributed by atoms with van der Waals surface area (Å²) in [6, 6.07) is 18.7. The molecule has 3 aromatic carbocycles. The Morgan fingerprint density at radius 2 is 1.56 bits per heavy atom. The standard InChI is InChI=1S/C26H22ClFN2O2/c1-16-3-12-22(15-17(16)2)29-24-23(19-6-8-20(27)9-7-19)25(31)30(26(24)32)14-13-18-4-10-21(28)11-5-18/h3-12,15,29H,13-14H2,1-2H3. The lowest BCUT2D eigenvalue weighted by molar-refractivity contribution is -0.136. The number of hydrogen-bond donors (Lipinski definition) is 1. The number of anilines is 1. The molecule has 4 nitrogen and oxygen atoms in total. The summed E-state index contributed by atoms with van der Waals surface area (Å²) >= 11 is 6.02. The maximum atomic E-state index is 13.3. The molecule has 0 fully saturated rings. The molecule has 1 heterocycles. The number of benzene rings is 3. The number of carbonyl (C=O) groups is 2. The quantitative estimate of drug-likeness (QED) is 0.504. The second-order valence-electron chi connectivity index (χ2n) is 7.82. The number of carbonyl (C=O) groups excluding carboxylic acids is 2. The fraction of sp³-hybridized carbons (Fsp3) is 0.154. The second kappa shape index (κ2) is 8.97. The molecule has 0 unspecified atom stereocenters. The lowest BCUT2D eigenvalue weighted by Crippen LogP contribution is -2.34. The molecule has 0 atom stereocenters. The number of amides is 2. The molecule has 4 rings (SSSR count). The van der Waals surface area contributed by atoms with Crippen molar-refractivity contribution in [3.05, 3.63) is 106 Å². The molecule has 0 spiro atoms. The number of nitrogens with zero attached hydrogens (tertiary/aromatic N) is 1. The highest BCUT2D eigenvalue weighted by atomic mass is 35.5. The molecule has 32 heavy (non-hydrogen) atoms. The Hall–Kier alpha value is -3.44. The first-order valence-corrected chi connectivity index (χ1v) is 10.7. The molecule has 0 radical (unpaired) electrons. The lowest BCUT2D eigenvalue weighted by atomic mass is 10.0. The van der Waals surface area contributed by atoms with Crippen LogP contribution in [0.15, 0.2) is 72.4 Å². The summed E-state index contributed by atoms with van der Waals surface area (Å²) in [6.07, 6.45) is 0.433. The molecule has 1 aliphatic rings. The Balaban J connectivity index is 1.66. The molecule has 162 valence electrons. The maximum absolute atomic E-state index is 13.3. The van der Waals surface area contributed by atoms with Gasteiger partial charge in [-0.2, -0.15) is 0 Å². The normalized spacial score (nSPS) is 13.8. The van der Waals surface area contributed by atoms with Crippen molar-refractivity contribution in [2.45, 2.75) is 20.3 Å². The van der Waals surface area contributed by atoms with Gasteiger partial charge >= 0.3 is 0 Å². The van der Waals surface area contributed by atoms with E-state index in [1.807, 2.05) is 32.0 Å². The lowest BCUT2D eigenvalue weighted by Gasteiger charge is -2.15. The summed E-state index contributed by atoms with van der Waals surface area (Å²) in [5, 5.41) is 3.72. The van der Waals surface area contributed by atoms with E-state index in [0.717, 1.165) is 22.4 Å². The van der Waals surface area contributed by atoms with Crippen LogP contribution < -0.4 is 5.32 Å². The summed E-state index contributed by atoms with van der Waals surface area (Å²) in [5.74, 6) is -1.08. The van der Waals surface area contributed by atoms with Gasteiger partial charge < -0.3 is 5.32 Å². The van der Waals surface area contributed by atoms with Crippen LogP contribution in [-0.2, 0) is 16.0 Å². The Morgan fingerprint density at radius 3 is 2.22 bits per heavy atom. The predicted octanol–water partition coefficient (Wildman–Crippen LogP) is 5.53. The van der Waals surface area contributed by atoms with E-state index in [2.05, 4.69) is 5.32 Å². The van der Waals surface area contributed by atoms with Crippen molar-refractivity contribution in [1.29, 1.82) is 0 Å². The van der Waals surface area contributed by atoms with Crippen LogP contribution >= 0.6 is 11.6 Å². The zero-order chi connectivity index (χ0) is 22.8. The van der Waals surface area contributed by atoms with Crippen molar-refractivity contribution in [3.63, 3.8) is 0 Å². The highest BCUT2D eigenvalue weighted by Gasteiger charge is 2.38. The fourth-order valence-corrected chi connectivity index (χ4v) is 3.76. The van der Waals surface area contributed by atoms with Crippen molar-refractivity contribution in [2.24, 2.45) is 0 Å². The molecule has 0 saturated heterocycles. The Kier molecular flexibility index (Phi) is 6.10. The maximum Gasteiger partial charge on any atom is 0.278 e. The molecule has 2 amide bonds. The van der Waals surface area contributed by atoms with Gasteiger partial charge in [-0.05, 0) is 78.9 Å². The average molecular weight is 449 g/mol. The number of aryl methyl sites for hydroxylation is 2. The summed E-state index contributed by atoms with van der Waals surface area (Å²) in [4.78, 5) is 27.8. The first-order valence-electron chi connectivity index (χ1n) is 10.3. The molecule has 1 aliphatic heterocycles. The SMILES string of the molecule is Cc1ccc(NC2=C(c3ccc(Cl)cc3)C(=O)N(CCc3ccc(F)cc3)C2=O)cc1C. The number of imide groups is 1. The van der Waals surface area contributed by atoms with Crippen molar-refractivity contribution in [1.82, 2.24) is 4.90 Å². The van der Waals surface area contributed by atoms with E-state index >= 15 is 0 Å². The smallest absolute Gasteiger partial charge is 0.278 e. The zero-order valence-electron chi connectivity index (χ0n) is 17.8. The van der Waals surface area contributed by atoms with Crippen LogP contribution in [0.25, 0.3) is 5.57 Å². The van der Waals surface area contributed by atoms with Gasteiger partial charge in [-0.3, -0.25) is 14.5 Å². The van der Waals surface area contributed by atoms with Crippen LogP contribution in [0.3, 0.4) is 0 Å². The highest BCUT2D eigenvalue weighted by molar-refractivity contribution is 6.36. The number of nitrogens with one attached hydrogen (secondary N) is 1. The van der Waals surface area contributed by atoms with Gasteiger partial charge in [0.1, 0.15) is 11.5 Å². The van der Waals surface area contributed by atoms with Crippen LogP contribution in [0.2, 0.25) is 5.02 Å². The van der Waals surface area contributed by atoms with Crippen LogP contribution in [0.1, 0.15) is 22.3 Å². The Labute approximate surface area is 191 Å². The van der Waals surface area contributed by atoms with Gasteiger partial charge in [0, 0.05) is 17.3 Å². The Morgan fingerprint density at radius 1 is 0.875 bits per heavy atom. The second-order valence-corrected chi connectivity index (χ2v) is 8.26. The van der Waals surface area contributed by atoms with Crippen molar-refractivity contribution < 1.29 is 14.0 Å². The summed E-state index contributed by atoms with van der Waals surface area (Å²) in [7, 11) is 0. The molecule has 0 bridgehead atoms. The minimum Gasteiger partial charge on any atom is -0.350 e. The van der Waals surface area contributed by atoms with E-state index in [4.69, 9.17) is 11.6 Å². The predicted molar refractivity (Wildman–Crippen MR) is 125 cm³/mol. The molecule has 1 N–H and O–H groups in total. The van der Waals surface area contributed by atoms with Crippen LogP contribution in [0, 0.1) is 19.7 Å². The third kappa shape index (κ3) is 4.43. The summed E-state index contributed by atoms with van der Waals surface area (Å²) in [5.41, 5.74) is 4.95. The first-order chi connectivity index (χ1) is 15.3. The number of rotatable bonds is 6. The Bertz CT molecular complexity index is 1220. The van der Waals surface area contributed by atoms with Gasteiger partial charge in [0.2, 0.25) is 0 Å². The van der Waals surface area contributed by atoms with Crippen LogP contribution in [0.4, 0.5) is 10.1 Å². The fourth-order valence-electron chi connectivity index (χ4n) is 3.63. The molecule has 0 saturated carbocycles. The number of hydrogen-bond acceptors (Lipinski definition) is 3. The van der Waals surface area contributed by atoms with Crippen molar-refractivity contribution in [3.8, 4) is 0 Å². The van der Waals surface area contributed by atoms with E-state index in [1.165, 1.54) is 17.0 Å². The average Bonchev–Trinajstić information content (AvgIpc) is 3.00. The zero-order valence-corrected chi connectivity index (χ0v) is 18.5. The van der Waals surface area contributed by atoms with Crippen molar-refractivity contribution >= 4 is 34.7 Å². The summed E-state index contributed by atoms with van der Waals surface area (Å²) in [6.45, 7) is 4.20. The molecule has 0 aromatic heterocycles. The molecule has 0 aliphatic carbocycles. The topological polar surface area (TPSA) is 49.4 Å². The molecule has 6 heteroatoms. The van der Waals surface area contributed by atoms with E-state index < -0.39 is 0 Å². The van der Waals surface area contributed by atoms with Gasteiger partial charge in [0.25, 0.3) is 11.8 Å². The van der Waals surface area contributed by atoms with Gasteiger partial charge in [-0.1, -0.05) is 41.9 Å². The third-order valence-electron chi connectivity index (χ3n) is 5.61.